The van der Waals surface area contributed by atoms with Gasteiger partial charge in [-0.3, -0.25) is 9.59 Å². The normalized spacial score (nSPS) is 10.2. The maximum Gasteiger partial charge on any atom is 0.262 e. The molecule has 0 fully saturated rings. The molecule has 0 atom stereocenters. The first-order valence-electron chi connectivity index (χ1n) is 8.71. The molecule has 0 saturated heterocycles. The SMILES string of the molecule is O=C(COc1cccc(C(=O)NCc2ccccc2)c1)Nc1ccccc1F. The van der Waals surface area contributed by atoms with Crippen molar-refractivity contribution in [2.24, 2.45) is 0 Å². The summed E-state index contributed by atoms with van der Waals surface area (Å²) in [6.45, 7) is 0.110. The minimum Gasteiger partial charge on any atom is -0.484 e. The van der Waals surface area contributed by atoms with Crippen molar-refractivity contribution in [3.63, 3.8) is 0 Å². The average molecular weight is 378 g/mol. The van der Waals surface area contributed by atoms with Gasteiger partial charge in [-0.05, 0) is 35.9 Å². The molecule has 142 valence electrons. The van der Waals surface area contributed by atoms with Crippen molar-refractivity contribution in [2.75, 3.05) is 11.9 Å². The second-order valence-corrected chi connectivity index (χ2v) is 6.01. The lowest BCUT2D eigenvalue weighted by atomic mass is 10.2. The van der Waals surface area contributed by atoms with Crippen molar-refractivity contribution in [1.82, 2.24) is 5.32 Å². The van der Waals surface area contributed by atoms with Gasteiger partial charge in [-0.1, -0.05) is 48.5 Å². The molecule has 3 aromatic carbocycles. The second-order valence-electron chi connectivity index (χ2n) is 6.01. The van der Waals surface area contributed by atoms with E-state index in [2.05, 4.69) is 10.6 Å². The number of para-hydroxylation sites is 1. The fourth-order valence-electron chi connectivity index (χ4n) is 2.51. The molecule has 0 bridgehead atoms. The van der Waals surface area contributed by atoms with Crippen molar-refractivity contribution in [3.8, 4) is 5.75 Å². The summed E-state index contributed by atoms with van der Waals surface area (Å²) in [6.07, 6.45) is 0. The molecule has 3 aromatic rings. The summed E-state index contributed by atoms with van der Waals surface area (Å²) in [5.41, 5.74) is 1.50. The number of anilines is 1. The molecular formula is C22H19FN2O3. The molecule has 2 N–H and O–H groups in total. The molecule has 2 amide bonds. The number of carbonyl (C=O) groups excluding carboxylic acids is 2. The fraction of sp³-hybridized carbons (Fsp3) is 0.0909. The Kier molecular flexibility index (Phi) is 6.36. The van der Waals surface area contributed by atoms with Crippen LogP contribution >= 0.6 is 0 Å². The lowest BCUT2D eigenvalue weighted by Gasteiger charge is -2.10. The van der Waals surface area contributed by atoms with Crippen LogP contribution in [0.2, 0.25) is 0 Å². The Morgan fingerprint density at radius 1 is 0.893 bits per heavy atom. The first-order valence-corrected chi connectivity index (χ1v) is 8.71. The number of nitrogens with one attached hydrogen (secondary N) is 2. The summed E-state index contributed by atoms with van der Waals surface area (Å²) < 4.78 is 19.0. The molecule has 0 aliphatic rings. The van der Waals surface area contributed by atoms with Gasteiger partial charge in [-0.25, -0.2) is 4.39 Å². The predicted octanol–water partition coefficient (Wildman–Crippen LogP) is 3.77. The molecule has 0 aromatic heterocycles. The highest BCUT2D eigenvalue weighted by Gasteiger charge is 2.09. The van der Waals surface area contributed by atoms with Gasteiger partial charge in [-0.15, -0.1) is 0 Å². The third kappa shape index (κ3) is 5.41. The molecular weight excluding hydrogens is 359 g/mol. The molecule has 6 heteroatoms. The fourth-order valence-corrected chi connectivity index (χ4v) is 2.51. The monoisotopic (exact) mass is 378 g/mol. The van der Waals surface area contributed by atoms with Crippen molar-refractivity contribution < 1.29 is 18.7 Å². The van der Waals surface area contributed by atoms with Crippen molar-refractivity contribution in [3.05, 3.63) is 95.8 Å². The average Bonchev–Trinajstić information content (AvgIpc) is 2.73. The van der Waals surface area contributed by atoms with E-state index in [4.69, 9.17) is 4.74 Å². The van der Waals surface area contributed by atoms with Crippen LogP contribution in [0.1, 0.15) is 15.9 Å². The van der Waals surface area contributed by atoms with E-state index < -0.39 is 11.7 Å². The second kappa shape index (κ2) is 9.32. The Hall–Kier alpha value is -3.67. The number of hydrogen-bond acceptors (Lipinski definition) is 3. The minimum absolute atomic E-state index is 0.0881. The van der Waals surface area contributed by atoms with Crippen LogP contribution in [0, 0.1) is 5.82 Å². The standard InChI is InChI=1S/C22H19FN2O3/c23-19-11-4-5-12-20(19)25-21(26)15-28-18-10-6-9-17(13-18)22(27)24-14-16-7-2-1-3-8-16/h1-13H,14-15H2,(H,24,27)(H,25,26). The van der Waals surface area contributed by atoms with Gasteiger partial charge in [0, 0.05) is 12.1 Å². The lowest BCUT2D eigenvalue weighted by molar-refractivity contribution is -0.118. The van der Waals surface area contributed by atoms with Crippen LogP contribution in [0.3, 0.4) is 0 Å². The quantitative estimate of drug-likeness (QED) is 0.658. The summed E-state index contributed by atoms with van der Waals surface area (Å²) in [7, 11) is 0. The minimum atomic E-state index is -0.520. The van der Waals surface area contributed by atoms with Crippen LogP contribution in [0.25, 0.3) is 0 Å². The van der Waals surface area contributed by atoms with E-state index in [1.165, 1.54) is 18.2 Å². The van der Waals surface area contributed by atoms with E-state index in [-0.39, 0.29) is 18.2 Å². The van der Waals surface area contributed by atoms with Crippen LogP contribution < -0.4 is 15.4 Å². The highest BCUT2D eigenvalue weighted by atomic mass is 19.1. The number of amides is 2. The number of hydrogen-bond donors (Lipinski definition) is 2. The van der Waals surface area contributed by atoms with Crippen LogP contribution in [0.5, 0.6) is 5.75 Å². The molecule has 0 spiro atoms. The van der Waals surface area contributed by atoms with Crippen LogP contribution in [0.4, 0.5) is 10.1 Å². The lowest BCUT2D eigenvalue weighted by Crippen LogP contribution is -2.23. The zero-order chi connectivity index (χ0) is 19.8. The van der Waals surface area contributed by atoms with Gasteiger partial charge >= 0.3 is 0 Å². The van der Waals surface area contributed by atoms with E-state index in [0.717, 1.165) is 5.56 Å². The van der Waals surface area contributed by atoms with Gasteiger partial charge in [0.2, 0.25) is 0 Å². The van der Waals surface area contributed by atoms with Gasteiger partial charge in [0.15, 0.2) is 6.61 Å². The molecule has 3 rings (SSSR count). The highest BCUT2D eigenvalue weighted by Crippen LogP contribution is 2.15. The third-order valence-corrected chi connectivity index (χ3v) is 3.91. The number of ether oxygens (including phenoxy) is 1. The van der Waals surface area contributed by atoms with Gasteiger partial charge < -0.3 is 15.4 Å². The van der Waals surface area contributed by atoms with Gasteiger partial charge in [0.1, 0.15) is 11.6 Å². The van der Waals surface area contributed by atoms with Crippen molar-refractivity contribution in [2.45, 2.75) is 6.54 Å². The molecule has 0 radical (unpaired) electrons. The van der Waals surface area contributed by atoms with Crippen molar-refractivity contribution >= 4 is 17.5 Å². The zero-order valence-electron chi connectivity index (χ0n) is 15.0. The summed E-state index contributed by atoms with van der Waals surface area (Å²) in [4.78, 5) is 24.2. The Balaban J connectivity index is 1.53. The number of carbonyl (C=O) groups is 2. The largest absolute Gasteiger partial charge is 0.484 e. The smallest absolute Gasteiger partial charge is 0.262 e. The first kappa shape index (κ1) is 19.1. The van der Waals surface area contributed by atoms with Crippen LogP contribution in [0.15, 0.2) is 78.9 Å². The molecule has 0 aliphatic heterocycles. The Bertz CT molecular complexity index is 961. The molecule has 0 aliphatic carbocycles. The number of benzene rings is 3. The van der Waals surface area contributed by atoms with Gasteiger partial charge in [0.25, 0.3) is 11.8 Å². The van der Waals surface area contributed by atoms with E-state index in [9.17, 15) is 14.0 Å². The Morgan fingerprint density at radius 2 is 1.64 bits per heavy atom. The Morgan fingerprint density at radius 3 is 2.43 bits per heavy atom. The van der Waals surface area contributed by atoms with E-state index in [0.29, 0.717) is 17.9 Å². The van der Waals surface area contributed by atoms with Crippen LogP contribution in [-0.2, 0) is 11.3 Å². The molecule has 0 saturated carbocycles. The van der Waals surface area contributed by atoms with Crippen molar-refractivity contribution in [1.29, 1.82) is 0 Å². The summed E-state index contributed by atoms with van der Waals surface area (Å²) in [5.74, 6) is -0.891. The van der Waals surface area contributed by atoms with Gasteiger partial charge in [-0.2, -0.15) is 0 Å². The molecule has 0 unspecified atom stereocenters. The number of rotatable bonds is 7. The van der Waals surface area contributed by atoms with E-state index in [1.807, 2.05) is 30.3 Å². The summed E-state index contributed by atoms with van der Waals surface area (Å²) in [5, 5.41) is 5.27. The third-order valence-electron chi connectivity index (χ3n) is 3.91. The van der Waals surface area contributed by atoms with Gasteiger partial charge in [0.05, 0.1) is 5.69 Å². The maximum absolute atomic E-state index is 13.6. The predicted molar refractivity (Wildman–Crippen MR) is 105 cm³/mol. The number of halogens is 1. The zero-order valence-corrected chi connectivity index (χ0v) is 15.0. The van der Waals surface area contributed by atoms with E-state index in [1.54, 1.807) is 30.3 Å². The highest BCUT2D eigenvalue weighted by molar-refractivity contribution is 5.94. The Labute approximate surface area is 162 Å². The molecule has 28 heavy (non-hydrogen) atoms. The molecule has 5 nitrogen and oxygen atoms in total. The van der Waals surface area contributed by atoms with E-state index >= 15 is 0 Å². The summed E-state index contributed by atoms with van der Waals surface area (Å²) >= 11 is 0. The maximum atomic E-state index is 13.6. The molecule has 0 heterocycles. The topological polar surface area (TPSA) is 67.4 Å². The first-order chi connectivity index (χ1) is 13.6. The summed E-state index contributed by atoms with van der Waals surface area (Å²) in [6, 6.07) is 22.0. The van der Waals surface area contributed by atoms with Crippen LogP contribution in [-0.4, -0.2) is 18.4 Å².